The molecule has 0 spiro atoms. The summed E-state index contributed by atoms with van der Waals surface area (Å²) in [7, 11) is 0. The molecule has 0 bridgehead atoms. The molecule has 0 saturated carbocycles. The molecule has 2 aliphatic rings. The van der Waals surface area contributed by atoms with E-state index in [1.165, 1.54) is 61.6 Å². The molecule has 2 aromatic carbocycles. The zero-order valence-electron chi connectivity index (χ0n) is 16.7. The van der Waals surface area contributed by atoms with Crippen LogP contribution in [0.3, 0.4) is 0 Å². The van der Waals surface area contributed by atoms with Crippen molar-refractivity contribution in [2.24, 2.45) is 0 Å². The van der Waals surface area contributed by atoms with Gasteiger partial charge in [-0.15, -0.1) is 0 Å². The van der Waals surface area contributed by atoms with Gasteiger partial charge in [0.25, 0.3) is 0 Å². The molecule has 0 heterocycles. The van der Waals surface area contributed by atoms with Crippen molar-refractivity contribution in [2.45, 2.75) is 47.5 Å². The van der Waals surface area contributed by atoms with Gasteiger partial charge in [-0.3, -0.25) is 0 Å². The van der Waals surface area contributed by atoms with Gasteiger partial charge in [0.15, 0.2) is 0 Å². The summed E-state index contributed by atoms with van der Waals surface area (Å²) in [6, 6.07) is 17.7. The van der Waals surface area contributed by atoms with Crippen LogP contribution < -0.4 is 0 Å². The Morgan fingerprint density at radius 3 is 1.85 bits per heavy atom. The maximum absolute atomic E-state index is 2.34. The molecule has 2 aliphatic carbocycles. The minimum absolute atomic E-state index is 0.368. The van der Waals surface area contributed by atoms with Crippen molar-refractivity contribution in [3.63, 3.8) is 0 Å². The highest BCUT2D eigenvalue weighted by Gasteiger charge is 2.40. The van der Waals surface area contributed by atoms with Gasteiger partial charge in [0, 0.05) is 11.8 Å². The summed E-state index contributed by atoms with van der Waals surface area (Å²) in [4.78, 5) is 0. The summed E-state index contributed by atoms with van der Waals surface area (Å²) in [6.45, 7) is 13.7. The Bertz CT molecular complexity index is 956. The molecule has 0 fully saturated rings. The van der Waals surface area contributed by atoms with Gasteiger partial charge in [-0.2, -0.15) is 0 Å². The predicted octanol–water partition coefficient (Wildman–Crippen LogP) is 7.17. The molecule has 1 radical (unpaired) electrons. The summed E-state index contributed by atoms with van der Waals surface area (Å²) < 4.78 is 0. The molecule has 131 valence electrons. The van der Waals surface area contributed by atoms with Gasteiger partial charge in [-0.1, -0.05) is 65.3 Å². The van der Waals surface area contributed by atoms with Crippen LogP contribution in [0.2, 0.25) is 0 Å². The lowest BCUT2D eigenvalue weighted by Crippen LogP contribution is -2.11. The molecule has 2 aromatic rings. The monoisotopic (exact) mass is 339 g/mol. The highest BCUT2D eigenvalue weighted by Crippen LogP contribution is 2.56. The van der Waals surface area contributed by atoms with E-state index in [2.05, 4.69) is 90.1 Å². The van der Waals surface area contributed by atoms with Crippen molar-refractivity contribution in [2.75, 3.05) is 0 Å². The fraction of sp³-hybridized carbons (Fsp3) is 0.269. The van der Waals surface area contributed by atoms with Crippen molar-refractivity contribution in [3.05, 3.63) is 105 Å². The number of hydrogen-bond acceptors (Lipinski definition) is 0. The zero-order valence-corrected chi connectivity index (χ0v) is 16.7. The van der Waals surface area contributed by atoms with E-state index in [4.69, 9.17) is 0 Å². The predicted molar refractivity (Wildman–Crippen MR) is 112 cm³/mol. The molecular formula is C26H27. The summed E-state index contributed by atoms with van der Waals surface area (Å²) in [5, 5.41) is 0. The second-order valence-corrected chi connectivity index (χ2v) is 7.81. The van der Waals surface area contributed by atoms with Gasteiger partial charge < -0.3 is 0 Å². The lowest BCUT2D eigenvalue weighted by molar-refractivity contribution is 0.851. The summed E-state index contributed by atoms with van der Waals surface area (Å²) in [6.07, 6.45) is 0. The third kappa shape index (κ3) is 2.28. The molecule has 0 amide bonds. The van der Waals surface area contributed by atoms with Crippen LogP contribution in [0.15, 0.2) is 76.4 Å². The summed E-state index contributed by atoms with van der Waals surface area (Å²) >= 11 is 0. The normalized spacial score (nSPS) is 20.5. The van der Waals surface area contributed by atoms with E-state index in [-0.39, 0.29) is 0 Å². The van der Waals surface area contributed by atoms with Crippen LogP contribution in [0, 0.1) is 12.8 Å². The fourth-order valence-electron chi connectivity index (χ4n) is 4.88. The molecule has 0 aliphatic heterocycles. The van der Waals surface area contributed by atoms with Gasteiger partial charge in [-0.05, 0) is 80.5 Å². The van der Waals surface area contributed by atoms with E-state index in [0.29, 0.717) is 5.92 Å². The van der Waals surface area contributed by atoms with Gasteiger partial charge in [-0.25, -0.2) is 0 Å². The number of benzene rings is 2. The van der Waals surface area contributed by atoms with Gasteiger partial charge in [0.2, 0.25) is 0 Å². The molecule has 26 heavy (non-hydrogen) atoms. The number of rotatable bonds is 2. The maximum atomic E-state index is 2.34. The fourth-order valence-corrected chi connectivity index (χ4v) is 4.88. The summed E-state index contributed by atoms with van der Waals surface area (Å²) in [5.74, 6) is 1.89. The number of aryl methyl sites for hydroxylation is 1. The highest BCUT2D eigenvalue weighted by molar-refractivity contribution is 5.91. The quantitative estimate of drug-likeness (QED) is 0.544. The Morgan fingerprint density at radius 1 is 0.615 bits per heavy atom. The second-order valence-electron chi connectivity index (χ2n) is 7.81. The molecule has 0 heteroatoms. The topological polar surface area (TPSA) is 0 Å². The lowest BCUT2D eigenvalue weighted by atomic mass is 9.77. The van der Waals surface area contributed by atoms with Crippen molar-refractivity contribution in [1.82, 2.24) is 0 Å². The number of hydrogen-bond donors (Lipinski definition) is 0. The Hall–Kier alpha value is -2.34. The first-order valence-corrected chi connectivity index (χ1v) is 9.52. The molecular weight excluding hydrogens is 312 g/mol. The van der Waals surface area contributed by atoms with Crippen molar-refractivity contribution in [1.29, 1.82) is 0 Å². The minimum Gasteiger partial charge on any atom is -0.0622 e. The Morgan fingerprint density at radius 2 is 1.23 bits per heavy atom. The first-order chi connectivity index (χ1) is 12.4. The van der Waals surface area contributed by atoms with E-state index in [1.54, 1.807) is 0 Å². The zero-order chi connectivity index (χ0) is 18.6. The highest BCUT2D eigenvalue weighted by atomic mass is 14.4. The molecule has 4 rings (SSSR count). The van der Waals surface area contributed by atoms with Crippen molar-refractivity contribution >= 4 is 5.57 Å². The molecule has 0 N–H and O–H groups in total. The third-order valence-electron chi connectivity index (χ3n) is 6.54. The van der Waals surface area contributed by atoms with E-state index < -0.39 is 0 Å². The van der Waals surface area contributed by atoms with Gasteiger partial charge in [0.1, 0.15) is 0 Å². The molecule has 0 nitrogen and oxygen atoms in total. The Balaban J connectivity index is 1.98. The standard InChI is InChI=1S/C26H27/c1-15-11-10-14-22-23(15)25(21-12-8-7-9-13-21)20(6)26(22)24-18(4)16(2)17(3)19(24)5/h7-14,26H,1-6H3. The minimum atomic E-state index is 0.368. The van der Waals surface area contributed by atoms with Crippen molar-refractivity contribution in [3.8, 4) is 0 Å². The smallest absolute Gasteiger partial charge is 0.0373 e. The Kier molecular flexibility index (Phi) is 4.03. The lowest BCUT2D eigenvalue weighted by Gasteiger charge is -2.25. The van der Waals surface area contributed by atoms with Gasteiger partial charge in [0.05, 0.1) is 0 Å². The average Bonchev–Trinajstić information content (AvgIpc) is 3.03. The van der Waals surface area contributed by atoms with Crippen LogP contribution in [-0.4, -0.2) is 0 Å². The SMILES string of the molecule is CC1=C(C)C(C)=C(C)[C]1C1C(C)=C(c2ccccc2)c2c(C)cccc21. The average molecular weight is 340 g/mol. The van der Waals surface area contributed by atoms with E-state index >= 15 is 0 Å². The van der Waals surface area contributed by atoms with E-state index in [1.807, 2.05) is 0 Å². The second kappa shape index (κ2) is 6.13. The first-order valence-electron chi connectivity index (χ1n) is 9.52. The van der Waals surface area contributed by atoms with Crippen LogP contribution in [0.25, 0.3) is 5.57 Å². The van der Waals surface area contributed by atoms with E-state index in [9.17, 15) is 0 Å². The van der Waals surface area contributed by atoms with Gasteiger partial charge >= 0.3 is 0 Å². The van der Waals surface area contributed by atoms with Crippen LogP contribution in [0.4, 0.5) is 0 Å². The molecule has 1 unspecified atom stereocenters. The van der Waals surface area contributed by atoms with Crippen molar-refractivity contribution < 1.29 is 0 Å². The third-order valence-corrected chi connectivity index (χ3v) is 6.54. The first kappa shape index (κ1) is 17.1. The van der Waals surface area contributed by atoms with E-state index in [0.717, 1.165) is 0 Å². The Labute approximate surface area is 158 Å². The molecule has 0 aromatic heterocycles. The molecule has 1 atom stereocenters. The number of fused-ring (bicyclic) bond motifs is 1. The largest absolute Gasteiger partial charge is 0.0622 e. The van der Waals surface area contributed by atoms with Crippen LogP contribution >= 0.6 is 0 Å². The summed E-state index contributed by atoms with van der Waals surface area (Å²) in [5.41, 5.74) is 14.4. The maximum Gasteiger partial charge on any atom is 0.0373 e. The van der Waals surface area contributed by atoms with Crippen LogP contribution in [-0.2, 0) is 0 Å². The molecule has 0 saturated heterocycles. The number of allylic oxidation sites excluding steroid dienone is 5. The van der Waals surface area contributed by atoms with Crippen LogP contribution in [0.1, 0.15) is 62.8 Å². The van der Waals surface area contributed by atoms with Crippen LogP contribution in [0.5, 0.6) is 0 Å².